The molecular formula is C64H38N4O. The van der Waals surface area contributed by atoms with Crippen molar-refractivity contribution in [2.45, 2.75) is 5.41 Å². The van der Waals surface area contributed by atoms with Crippen LogP contribution in [-0.2, 0) is 5.41 Å². The maximum absolute atomic E-state index is 6.75. The summed E-state index contributed by atoms with van der Waals surface area (Å²) in [5.41, 5.74) is 20.1. The molecule has 0 saturated heterocycles. The van der Waals surface area contributed by atoms with Crippen molar-refractivity contribution in [1.82, 2.24) is 19.5 Å². The van der Waals surface area contributed by atoms with Crippen molar-refractivity contribution < 1.29 is 4.42 Å². The lowest BCUT2D eigenvalue weighted by molar-refractivity contribution is 0.669. The highest BCUT2D eigenvalue weighted by molar-refractivity contribution is 6.18. The SMILES string of the molecule is c1ccc(-c2nc(-c3ccccc3)nc(-c3cccc4c3oc3ccc(-c5ccc6c(c5)c5ccc7c(c5n6-c5ccccc5)-c5ccccc5C75c6ccccc6-c6ccccc65)cc34)n2)cc1. The summed E-state index contributed by atoms with van der Waals surface area (Å²) in [4.78, 5) is 15.0. The standard InChI is InChI=1S/C64H38N4O/c1-4-17-39(18-5-1)61-65-62(40-19-6-2-7-20-40)67-63(66-61)49-27-16-26-47-51-38-42(32-36-57(51)69-60(47)49)41-31-35-56-50(37-41)46-33-34-55-58(59(46)68(56)43-21-8-3-9-22-43)48-25-12-15-30-54(48)64(55)52-28-13-10-23-44(52)45-24-11-14-29-53(45)64/h1-38H. The maximum atomic E-state index is 6.75. The van der Waals surface area contributed by atoms with Gasteiger partial charge in [0.2, 0.25) is 0 Å². The fourth-order valence-electron chi connectivity index (χ4n) is 11.8. The van der Waals surface area contributed by atoms with Crippen LogP contribution in [0.2, 0.25) is 0 Å². The number of fused-ring (bicyclic) bond motifs is 17. The number of furan rings is 1. The number of hydrogen-bond acceptors (Lipinski definition) is 4. The molecule has 0 atom stereocenters. The van der Waals surface area contributed by atoms with E-state index < -0.39 is 5.41 Å². The van der Waals surface area contributed by atoms with Crippen molar-refractivity contribution in [2.24, 2.45) is 0 Å². The van der Waals surface area contributed by atoms with Crippen LogP contribution in [0, 0.1) is 0 Å². The van der Waals surface area contributed by atoms with Gasteiger partial charge in [0.1, 0.15) is 11.2 Å². The molecule has 0 radical (unpaired) electrons. The number of rotatable bonds is 5. The van der Waals surface area contributed by atoms with E-state index in [9.17, 15) is 0 Å². The molecule has 0 saturated carbocycles. The van der Waals surface area contributed by atoms with E-state index in [2.05, 4.69) is 168 Å². The molecule has 69 heavy (non-hydrogen) atoms. The number of para-hydroxylation sites is 2. The van der Waals surface area contributed by atoms with Gasteiger partial charge in [0.05, 0.1) is 22.0 Å². The highest BCUT2D eigenvalue weighted by atomic mass is 16.3. The number of benzene rings is 10. The average Bonchev–Trinajstić information content (AvgIpc) is 4.15. The van der Waals surface area contributed by atoms with Gasteiger partial charge in [-0.3, -0.25) is 0 Å². The molecule has 10 aromatic carbocycles. The summed E-state index contributed by atoms with van der Waals surface area (Å²) in [5, 5.41) is 4.47. The first-order valence-electron chi connectivity index (χ1n) is 23.5. The third-order valence-electron chi connectivity index (χ3n) is 14.7. The quantitative estimate of drug-likeness (QED) is 0.173. The van der Waals surface area contributed by atoms with Crippen LogP contribution < -0.4 is 0 Å². The summed E-state index contributed by atoms with van der Waals surface area (Å²) in [7, 11) is 0. The van der Waals surface area contributed by atoms with E-state index in [0.29, 0.717) is 17.5 Å². The lowest BCUT2D eigenvalue weighted by Crippen LogP contribution is -2.25. The van der Waals surface area contributed by atoms with Crippen LogP contribution >= 0.6 is 0 Å². The van der Waals surface area contributed by atoms with Crippen LogP contribution in [0.3, 0.4) is 0 Å². The predicted octanol–water partition coefficient (Wildman–Crippen LogP) is 15.9. The molecule has 0 fully saturated rings. The molecule has 2 aliphatic carbocycles. The van der Waals surface area contributed by atoms with Crippen LogP contribution in [0.1, 0.15) is 22.3 Å². The Labute approximate surface area is 397 Å². The molecule has 3 aromatic heterocycles. The summed E-state index contributed by atoms with van der Waals surface area (Å²) in [6.45, 7) is 0. The highest BCUT2D eigenvalue weighted by Gasteiger charge is 2.52. The fraction of sp³-hybridized carbons (Fsp3) is 0.0156. The zero-order valence-corrected chi connectivity index (χ0v) is 37.1. The summed E-state index contributed by atoms with van der Waals surface area (Å²) >= 11 is 0. The summed E-state index contributed by atoms with van der Waals surface area (Å²) in [6.07, 6.45) is 0. The van der Waals surface area contributed by atoms with E-state index in [1.807, 2.05) is 66.7 Å². The van der Waals surface area contributed by atoms with E-state index in [4.69, 9.17) is 19.4 Å². The van der Waals surface area contributed by atoms with Crippen molar-refractivity contribution in [1.29, 1.82) is 0 Å². The van der Waals surface area contributed by atoms with Crippen molar-refractivity contribution in [3.63, 3.8) is 0 Å². The molecule has 2 aliphatic rings. The molecule has 0 amide bonds. The Bertz CT molecular complexity index is 4140. The molecular weight excluding hydrogens is 841 g/mol. The van der Waals surface area contributed by atoms with Gasteiger partial charge in [-0.15, -0.1) is 0 Å². The average molecular weight is 879 g/mol. The second-order valence-corrected chi connectivity index (χ2v) is 18.2. The Kier molecular flexibility index (Phi) is 7.93. The molecule has 0 aliphatic heterocycles. The second kappa shape index (κ2) is 14.4. The molecule has 15 rings (SSSR count). The Hall–Kier alpha value is -9.19. The molecule has 5 heteroatoms. The largest absolute Gasteiger partial charge is 0.455 e. The van der Waals surface area contributed by atoms with Gasteiger partial charge < -0.3 is 8.98 Å². The van der Waals surface area contributed by atoms with Crippen LogP contribution in [0.15, 0.2) is 235 Å². The van der Waals surface area contributed by atoms with Crippen molar-refractivity contribution >= 4 is 43.7 Å². The second-order valence-electron chi connectivity index (χ2n) is 18.2. The van der Waals surface area contributed by atoms with Crippen molar-refractivity contribution in [2.75, 3.05) is 0 Å². The Balaban J connectivity index is 0.923. The third kappa shape index (κ3) is 5.32. The van der Waals surface area contributed by atoms with Crippen molar-refractivity contribution in [3.8, 4) is 73.2 Å². The Morgan fingerprint density at radius 3 is 1.55 bits per heavy atom. The smallest absolute Gasteiger partial charge is 0.167 e. The molecule has 1 spiro atoms. The van der Waals surface area contributed by atoms with Gasteiger partial charge in [0.15, 0.2) is 17.5 Å². The van der Waals surface area contributed by atoms with Gasteiger partial charge in [-0.1, -0.05) is 188 Å². The van der Waals surface area contributed by atoms with Crippen molar-refractivity contribution in [3.05, 3.63) is 253 Å². The summed E-state index contributed by atoms with van der Waals surface area (Å²) in [5.74, 6) is 1.79. The van der Waals surface area contributed by atoms with E-state index in [1.54, 1.807) is 0 Å². The minimum atomic E-state index is -0.434. The van der Waals surface area contributed by atoms with Gasteiger partial charge in [0, 0.05) is 43.9 Å². The first-order valence-corrected chi connectivity index (χ1v) is 23.5. The number of nitrogens with zero attached hydrogens (tertiary/aromatic N) is 4. The monoisotopic (exact) mass is 878 g/mol. The van der Waals surface area contributed by atoms with Gasteiger partial charge in [-0.05, 0) is 92.5 Å². The molecule has 3 heterocycles. The molecule has 0 N–H and O–H groups in total. The first kappa shape index (κ1) is 38.0. The van der Waals surface area contributed by atoms with Crippen LogP contribution in [0.25, 0.3) is 117 Å². The van der Waals surface area contributed by atoms with E-state index in [0.717, 1.165) is 55.4 Å². The summed E-state index contributed by atoms with van der Waals surface area (Å²) in [6, 6.07) is 82.8. The van der Waals surface area contributed by atoms with Gasteiger partial charge in [0.25, 0.3) is 0 Å². The topological polar surface area (TPSA) is 56.7 Å². The molecule has 0 unspecified atom stereocenters. The van der Waals surface area contributed by atoms with Gasteiger partial charge in [-0.2, -0.15) is 0 Å². The Morgan fingerprint density at radius 1 is 0.348 bits per heavy atom. The predicted molar refractivity (Wildman–Crippen MR) is 279 cm³/mol. The lowest BCUT2D eigenvalue weighted by Gasteiger charge is -2.30. The fourth-order valence-corrected chi connectivity index (χ4v) is 11.8. The van der Waals surface area contributed by atoms with E-state index >= 15 is 0 Å². The minimum absolute atomic E-state index is 0.434. The van der Waals surface area contributed by atoms with Crippen LogP contribution in [-0.4, -0.2) is 19.5 Å². The first-order chi connectivity index (χ1) is 34.2. The van der Waals surface area contributed by atoms with Gasteiger partial charge in [-0.25, -0.2) is 15.0 Å². The minimum Gasteiger partial charge on any atom is -0.455 e. The number of aromatic nitrogens is 4. The molecule has 320 valence electrons. The molecule has 0 bridgehead atoms. The Morgan fingerprint density at radius 2 is 0.884 bits per heavy atom. The van der Waals surface area contributed by atoms with E-state index in [-0.39, 0.29) is 0 Å². The van der Waals surface area contributed by atoms with Crippen LogP contribution in [0.4, 0.5) is 0 Å². The van der Waals surface area contributed by atoms with Crippen LogP contribution in [0.5, 0.6) is 0 Å². The lowest BCUT2D eigenvalue weighted by atomic mass is 9.70. The summed E-state index contributed by atoms with van der Waals surface area (Å²) < 4.78 is 9.25. The normalized spacial score (nSPS) is 13.0. The zero-order chi connectivity index (χ0) is 45.2. The molecule has 5 nitrogen and oxygen atoms in total. The van der Waals surface area contributed by atoms with Gasteiger partial charge >= 0.3 is 0 Å². The van der Waals surface area contributed by atoms with E-state index in [1.165, 1.54) is 66.3 Å². The third-order valence-corrected chi connectivity index (χ3v) is 14.7. The highest BCUT2D eigenvalue weighted by Crippen LogP contribution is 2.64. The number of hydrogen-bond donors (Lipinski definition) is 0. The zero-order valence-electron chi connectivity index (χ0n) is 37.1. The maximum Gasteiger partial charge on any atom is 0.167 e. The molecule has 13 aromatic rings.